The molecule has 7 heteroatoms. The molecular weight excluding hydrogens is 299 g/mol. The number of nitrogens with one attached hydrogen (secondary N) is 1. The van der Waals surface area contributed by atoms with Crippen LogP contribution in [0.4, 0.5) is 13.2 Å². The van der Waals surface area contributed by atoms with Crippen molar-refractivity contribution in [2.45, 2.75) is 39.1 Å². The third kappa shape index (κ3) is 3.03. The van der Waals surface area contributed by atoms with Crippen LogP contribution in [0.3, 0.4) is 0 Å². The first kappa shape index (κ1) is 16.2. The van der Waals surface area contributed by atoms with Gasteiger partial charge in [0.1, 0.15) is 5.75 Å². The number of rotatable bonds is 2. The van der Waals surface area contributed by atoms with Gasteiger partial charge in [-0.25, -0.2) is 4.79 Å². The highest BCUT2D eigenvalue weighted by molar-refractivity contribution is 5.97. The van der Waals surface area contributed by atoms with Crippen molar-refractivity contribution >= 4 is 11.7 Å². The Morgan fingerprint density at radius 1 is 1.36 bits per heavy atom. The van der Waals surface area contributed by atoms with E-state index in [0.717, 1.165) is 12.1 Å². The molecule has 0 unspecified atom stereocenters. The molecule has 0 atom stereocenters. The predicted octanol–water partition coefficient (Wildman–Crippen LogP) is 3.63. The number of alkyl halides is 3. The van der Waals surface area contributed by atoms with Gasteiger partial charge in [0, 0.05) is 5.56 Å². The van der Waals surface area contributed by atoms with Gasteiger partial charge in [-0.2, -0.15) is 13.2 Å². The Hall–Kier alpha value is -2.18. The molecule has 1 aliphatic rings. The molecule has 1 heterocycles. The molecule has 0 aromatic heterocycles. The number of carboxylic acid groups (broad SMARTS) is 1. The average Bonchev–Trinajstić information content (AvgIpc) is 2.35. The molecule has 0 fully saturated rings. The van der Waals surface area contributed by atoms with Crippen LogP contribution in [0, 0.1) is 0 Å². The smallest absolute Gasteiger partial charge is 0.416 e. The molecule has 1 aliphatic heterocycles. The number of aliphatic carboxylic acids is 1. The van der Waals surface area contributed by atoms with Gasteiger partial charge in [0.2, 0.25) is 0 Å². The summed E-state index contributed by atoms with van der Waals surface area (Å²) in [6.45, 7) is 4.90. The first-order chi connectivity index (χ1) is 10.0. The van der Waals surface area contributed by atoms with Crippen LogP contribution in [0.1, 0.15) is 38.3 Å². The number of carbonyl (C=O) groups is 1. The third-order valence-corrected chi connectivity index (χ3v) is 3.28. The van der Waals surface area contributed by atoms with Gasteiger partial charge in [-0.1, -0.05) is 6.92 Å². The van der Waals surface area contributed by atoms with Gasteiger partial charge in [-0.3, -0.25) is 0 Å². The fraction of sp³-hybridized carbons (Fsp3) is 0.400. The first-order valence-electron chi connectivity index (χ1n) is 6.70. The molecule has 120 valence electrons. The second kappa shape index (κ2) is 5.23. The van der Waals surface area contributed by atoms with Gasteiger partial charge < -0.3 is 15.2 Å². The Labute approximate surface area is 125 Å². The Kier molecular flexibility index (Phi) is 3.85. The maximum absolute atomic E-state index is 12.8. The highest BCUT2D eigenvalue weighted by Gasteiger charge is 2.36. The number of halogens is 3. The fourth-order valence-corrected chi connectivity index (χ4v) is 2.33. The van der Waals surface area contributed by atoms with E-state index in [1.807, 2.05) is 0 Å². The van der Waals surface area contributed by atoms with Crippen LogP contribution in [0.5, 0.6) is 5.75 Å². The molecule has 4 nitrogen and oxygen atoms in total. The van der Waals surface area contributed by atoms with E-state index in [0.29, 0.717) is 5.56 Å². The predicted molar refractivity (Wildman–Crippen MR) is 74.1 cm³/mol. The van der Waals surface area contributed by atoms with Crippen LogP contribution in [-0.2, 0) is 11.0 Å². The molecular formula is C15H16F3NO3. The molecule has 1 aromatic rings. The summed E-state index contributed by atoms with van der Waals surface area (Å²) < 4.78 is 44.0. The summed E-state index contributed by atoms with van der Waals surface area (Å²) in [4.78, 5) is 11.4. The van der Waals surface area contributed by atoms with E-state index in [2.05, 4.69) is 5.32 Å². The van der Waals surface area contributed by atoms with Gasteiger partial charge >= 0.3 is 12.1 Å². The van der Waals surface area contributed by atoms with Crippen molar-refractivity contribution in [2.24, 2.45) is 0 Å². The second-order valence-electron chi connectivity index (χ2n) is 5.46. The molecule has 0 radical (unpaired) electrons. The van der Waals surface area contributed by atoms with Crippen molar-refractivity contribution in [1.82, 2.24) is 5.32 Å². The molecule has 0 saturated heterocycles. The summed E-state index contributed by atoms with van der Waals surface area (Å²) >= 11 is 0. The Balaban J connectivity index is 2.67. The summed E-state index contributed by atoms with van der Waals surface area (Å²) in [5, 5.41) is 12.2. The van der Waals surface area contributed by atoms with E-state index in [1.165, 1.54) is 6.07 Å². The average molecular weight is 315 g/mol. The zero-order valence-electron chi connectivity index (χ0n) is 12.3. The number of carboxylic acids is 1. The topological polar surface area (TPSA) is 58.6 Å². The summed E-state index contributed by atoms with van der Waals surface area (Å²) in [7, 11) is 0. The zero-order chi connectivity index (χ0) is 16.7. The van der Waals surface area contributed by atoms with Crippen molar-refractivity contribution in [3.63, 3.8) is 0 Å². The van der Waals surface area contributed by atoms with Crippen molar-refractivity contribution < 1.29 is 27.8 Å². The maximum Gasteiger partial charge on any atom is 0.416 e. The van der Waals surface area contributed by atoms with Gasteiger partial charge in [0.25, 0.3) is 0 Å². The Morgan fingerprint density at radius 3 is 2.50 bits per heavy atom. The van der Waals surface area contributed by atoms with E-state index < -0.39 is 23.4 Å². The summed E-state index contributed by atoms with van der Waals surface area (Å²) in [5.74, 6) is -1.10. The van der Waals surface area contributed by atoms with E-state index in [9.17, 15) is 23.1 Å². The van der Waals surface area contributed by atoms with Crippen LogP contribution in [0.25, 0.3) is 5.70 Å². The number of hydrogen-bond donors (Lipinski definition) is 2. The minimum absolute atomic E-state index is 0.0146. The van der Waals surface area contributed by atoms with Crippen LogP contribution in [0.15, 0.2) is 23.8 Å². The molecule has 2 rings (SSSR count). The SMILES string of the molecule is CC/C(C(=O)O)=C1/NC(C)(C)Oc2cc(C(F)(F)F)ccc21. The van der Waals surface area contributed by atoms with Crippen molar-refractivity contribution in [1.29, 1.82) is 0 Å². The lowest BCUT2D eigenvalue weighted by Crippen LogP contribution is -2.47. The van der Waals surface area contributed by atoms with Crippen LogP contribution < -0.4 is 10.1 Å². The molecule has 2 N–H and O–H groups in total. The first-order valence-corrected chi connectivity index (χ1v) is 6.70. The highest BCUT2D eigenvalue weighted by atomic mass is 19.4. The normalized spacial score (nSPS) is 18.8. The van der Waals surface area contributed by atoms with Crippen LogP contribution in [0.2, 0.25) is 0 Å². The van der Waals surface area contributed by atoms with Gasteiger partial charge in [-0.05, 0) is 38.5 Å². The lowest BCUT2D eigenvalue weighted by Gasteiger charge is -2.37. The van der Waals surface area contributed by atoms with Gasteiger partial charge in [-0.15, -0.1) is 0 Å². The minimum atomic E-state index is -4.49. The quantitative estimate of drug-likeness (QED) is 0.818. The number of ether oxygens (including phenoxy) is 1. The van der Waals surface area contributed by atoms with Crippen LogP contribution in [-0.4, -0.2) is 16.8 Å². The third-order valence-electron chi connectivity index (χ3n) is 3.28. The van der Waals surface area contributed by atoms with E-state index in [4.69, 9.17) is 4.74 Å². The lowest BCUT2D eigenvalue weighted by molar-refractivity contribution is -0.138. The highest BCUT2D eigenvalue weighted by Crippen LogP contribution is 2.40. The molecule has 0 amide bonds. The second-order valence-corrected chi connectivity index (χ2v) is 5.46. The Morgan fingerprint density at radius 2 is 2.00 bits per heavy atom. The molecule has 0 spiro atoms. The summed E-state index contributed by atoms with van der Waals surface area (Å²) in [6.07, 6.45) is -4.26. The minimum Gasteiger partial charge on any atom is -0.478 e. The number of benzene rings is 1. The van der Waals surface area contributed by atoms with Crippen LogP contribution >= 0.6 is 0 Å². The van der Waals surface area contributed by atoms with Crippen molar-refractivity contribution in [2.75, 3.05) is 0 Å². The molecule has 22 heavy (non-hydrogen) atoms. The monoisotopic (exact) mass is 315 g/mol. The van der Waals surface area contributed by atoms with Gasteiger partial charge in [0.05, 0.1) is 16.8 Å². The largest absolute Gasteiger partial charge is 0.478 e. The number of fused-ring (bicyclic) bond motifs is 1. The molecule has 0 aliphatic carbocycles. The number of hydrogen-bond acceptors (Lipinski definition) is 3. The summed E-state index contributed by atoms with van der Waals surface area (Å²) in [5.41, 5.74) is -1.15. The molecule has 0 saturated carbocycles. The lowest BCUT2D eigenvalue weighted by atomic mass is 9.98. The van der Waals surface area contributed by atoms with Crippen molar-refractivity contribution in [3.8, 4) is 5.75 Å². The summed E-state index contributed by atoms with van der Waals surface area (Å²) in [6, 6.07) is 3.04. The van der Waals surface area contributed by atoms with Gasteiger partial charge in [0.15, 0.2) is 5.72 Å². The van der Waals surface area contributed by atoms with Crippen molar-refractivity contribution in [3.05, 3.63) is 34.9 Å². The van der Waals surface area contributed by atoms with E-state index in [1.54, 1.807) is 20.8 Å². The fourth-order valence-electron chi connectivity index (χ4n) is 2.33. The molecule has 0 bridgehead atoms. The standard InChI is InChI=1S/C15H16F3NO3/c1-4-9(13(20)21)12-10-6-5-8(15(16,17)18)7-11(10)22-14(2,3)19-12/h5-7,19H,4H2,1-3H3,(H,20,21)/b12-9-. The molecule has 1 aromatic carbocycles. The van der Waals surface area contributed by atoms with E-state index in [-0.39, 0.29) is 23.4 Å². The Bertz CT molecular complexity index is 648. The zero-order valence-corrected chi connectivity index (χ0v) is 12.3. The maximum atomic E-state index is 12.8. The van der Waals surface area contributed by atoms with E-state index >= 15 is 0 Å².